The van der Waals surface area contributed by atoms with Crippen molar-refractivity contribution in [1.82, 2.24) is 9.97 Å². The number of fused-ring (bicyclic) bond motifs is 2. The zero-order valence-corrected chi connectivity index (χ0v) is 16.6. The van der Waals surface area contributed by atoms with E-state index >= 15 is 0 Å². The molecule has 0 saturated heterocycles. The molecule has 3 aromatic rings. The summed E-state index contributed by atoms with van der Waals surface area (Å²) in [7, 11) is 0. The molecule has 0 radical (unpaired) electrons. The van der Waals surface area contributed by atoms with E-state index < -0.39 is 0 Å². The van der Waals surface area contributed by atoms with Crippen molar-refractivity contribution in [1.29, 1.82) is 0 Å². The van der Waals surface area contributed by atoms with Crippen LogP contribution in [0.1, 0.15) is 30.9 Å². The summed E-state index contributed by atoms with van der Waals surface area (Å²) in [5, 5.41) is 0. The maximum Gasteiger partial charge on any atom is 0.132 e. The van der Waals surface area contributed by atoms with Crippen molar-refractivity contribution in [2.24, 2.45) is 4.99 Å². The van der Waals surface area contributed by atoms with E-state index in [2.05, 4.69) is 58.2 Å². The first-order chi connectivity index (χ1) is 14.3. The summed E-state index contributed by atoms with van der Waals surface area (Å²) in [4.78, 5) is 15.5. The Kier molecular flexibility index (Phi) is 4.72. The van der Waals surface area contributed by atoms with Crippen molar-refractivity contribution >= 4 is 17.2 Å². The van der Waals surface area contributed by atoms with Crippen molar-refractivity contribution in [3.05, 3.63) is 66.1 Å². The smallest absolute Gasteiger partial charge is 0.132 e. The molecule has 5 nitrogen and oxygen atoms in total. The maximum atomic E-state index is 6.01. The highest BCUT2D eigenvalue weighted by Gasteiger charge is 2.18. The van der Waals surface area contributed by atoms with Crippen LogP contribution in [0, 0.1) is 0 Å². The molecule has 29 heavy (non-hydrogen) atoms. The molecule has 0 N–H and O–H groups in total. The third kappa shape index (κ3) is 3.73. The molecule has 0 atom stereocenters. The third-order valence-electron chi connectivity index (χ3n) is 5.65. The maximum absolute atomic E-state index is 6.01. The highest BCUT2D eigenvalue weighted by atomic mass is 16.5. The average Bonchev–Trinajstić information content (AvgIpc) is 3.08. The summed E-state index contributed by atoms with van der Waals surface area (Å²) in [5.41, 5.74) is 7.24. The number of benzene rings is 2. The lowest BCUT2D eigenvalue weighted by molar-refractivity contribution is 0.331. The lowest BCUT2D eigenvalue weighted by Crippen LogP contribution is -2.26. The first-order valence-corrected chi connectivity index (χ1v) is 10.2. The van der Waals surface area contributed by atoms with Crippen LogP contribution in [0.25, 0.3) is 11.1 Å². The molecule has 1 aromatic heterocycles. The average molecular weight is 384 g/mol. The van der Waals surface area contributed by atoms with Gasteiger partial charge >= 0.3 is 0 Å². The molecule has 2 aliphatic heterocycles. The summed E-state index contributed by atoms with van der Waals surface area (Å²) in [6.45, 7) is 4.34. The molecular weight excluding hydrogens is 360 g/mol. The van der Waals surface area contributed by atoms with Gasteiger partial charge in [-0.3, -0.25) is 4.99 Å². The molecule has 0 saturated carbocycles. The minimum absolute atomic E-state index is 0.642. The molecule has 0 amide bonds. The van der Waals surface area contributed by atoms with Crippen molar-refractivity contribution in [3.8, 4) is 16.9 Å². The molecule has 0 aliphatic carbocycles. The predicted octanol–water partition coefficient (Wildman–Crippen LogP) is 4.97. The first-order valence-electron chi connectivity index (χ1n) is 10.2. The van der Waals surface area contributed by atoms with Gasteiger partial charge in [0.2, 0.25) is 0 Å². The van der Waals surface area contributed by atoms with E-state index in [4.69, 9.17) is 9.73 Å². The Morgan fingerprint density at radius 2 is 1.86 bits per heavy atom. The van der Waals surface area contributed by atoms with Crippen LogP contribution in [0.15, 0.2) is 60.0 Å². The number of aryl methyl sites for hydroxylation is 1. The quantitative estimate of drug-likeness (QED) is 0.626. The summed E-state index contributed by atoms with van der Waals surface area (Å²) in [6.07, 6.45) is 6.73. The molecule has 0 bridgehead atoms. The fraction of sp³-hybridized carbons (Fsp3) is 0.292. The second-order valence-corrected chi connectivity index (χ2v) is 7.70. The fourth-order valence-corrected chi connectivity index (χ4v) is 4.10. The first kappa shape index (κ1) is 17.9. The Hall–Kier alpha value is -3.21. The van der Waals surface area contributed by atoms with Crippen molar-refractivity contribution in [2.45, 2.75) is 32.7 Å². The monoisotopic (exact) mass is 384 g/mol. The predicted molar refractivity (Wildman–Crippen MR) is 116 cm³/mol. The van der Waals surface area contributed by atoms with E-state index in [9.17, 15) is 0 Å². The zero-order valence-electron chi connectivity index (χ0n) is 16.6. The van der Waals surface area contributed by atoms with Gasteiger partial charge in [0, 0.05) is 24.0 Å². The molecule has 3 heterocycles. The van der Waals surface area contributed by atoms with Gasteiger partial charge in [-0.2, -0.15) is 0 Å². The van der Waals surface area contributed by atoms with Gasteiger partial charge in [0.05, 0.1) is 12.2 Å². The van der Waals surface area contributed by atoms with Gasteiger partial charge in [0.25, 0.3) is 0 Å². The number of aromatic nitrogens is 2. The van der Waals surface area contributed by atoms with Crippen molar-refractivity contribution < 1.29 is 4.74 Å². The Labute approximate surface area is 171 Å². The SMILES string of the molecule is CC1=Nc2cc(-c3ccc4c(c3)CN(c3ccncn3)CCO4)ccc2CCC1. The number of hydrogen-bond acceptors (Lipinski definition) is 5. The molecule has 146 valence electrons. The van der Waals surface area contributed by atoms with Crippen LogP contribution >= 0.6 is 0 Å². The van der Waals surface area contributed by atoms with E-state index in [0.717, 1.165) is 43.2 Å². The largest absolute Gasteiger partial charge is 0.491 e. The Morgan fingerprint density at radius 1 is 0.966 bits per heavy atom. The van der Waals surface area contributed by atoms with E-state index in [0.29, 0.717) is 6.61 Å². The van der Waals surface area contributed by atoms with E-state index in [-0.39, 0.29) is 0 Å². The molecular formula is C24H24N4O. The van der Waals surface area contributed by atoms with Crippen molar-refractivity contribution in [2.75, 3.05) is 18.1 Å². The van der Waals surface area contributed by atoms with E-state index in [1.165, 1.54) is 34.4 Å². The van der Waals surface area contributed by atoms with Gasteiger partial charge in [-0.15, -0.1) is 0 Å². The van der Waals surface area contributed by atoms with Gasteiger partial charge in [-0.1, -0.05) is 18.2 Å². The summed E-state index contributed by atoms with van der Waals surface area (Å²) in [5.74, 6) is 1.88. The minimum atomic E-state index is 0.642. The number of aliphatic imine (C=N–C) groups is 1. The number of ether oxygens (including phenoxy) is 1. The molecule has 0 fully saturated rings. The highest BCUT2D eigenvalue weighted by molar-refractivity contribution is 5.86. The van der Waals surface area contributed by atoms with Gasteiger partial charge in [-0.25, -0.2) is 9.97 Å². The van der Waals surface area contributed by atoms with Crippen molar-refractivity contribution in [3.63, 3.8) is 0 Å². The van der Waals surface area contributed by atoms with Crippen LogP contribution in [0.4, 0.5) is 11.5 Å². The summed E-state index contributed by atoms with van der Waals surface area (Å²) >= 11 is 0. The van der Waals surface area contributed by atoms with E-state index in [1.807, 2.05) is 6.07 Å². The second-order valence-electron chi connectivity index (χ2n) is 7.70. The van der Waals surface area contributed by atoms with Gasteiger partial charge in [-0.05, 0) is 67.1 Å². The summed E-state index contributed by atoms with van der Waals surface area (Å²) in [6, 6.07) is 15.1. The second kappa shape index (κ2) is 7.66. The number of nitrogens with zero attached hydrogens (tertiary/aromatic N) is 4. The third-order valence-corrected chi connectivity index (χ3v) is 5.65. The standard InChI is InChI=1S/C24H24N4O/c1-17-3-2-4-18-5-6-20(14-22(18)27-17)19-7-8-23-21(13-19)15-28(11-12-29-23)24-9-10-25-16-26-24/h5-10,13-14,16H,2-4,11-12,15H2,1H3. The Morgan fingerprint density at radius 3 is 2.76 bits per heavy atom. The lowest BCUT2D eigenvalue weighted by Gasteiger charge is -2.20. The Bertz CT molecular complexity index is 1060. The molecule has 5 rings (SSSR count). The minimum Gasteiger partial charge on any atom is -0.491 e. The topological polar surface area (TPSA) is 50.6 Å². The summed E-state index contributed by atoms with van der Waals surface area (Å²) < 4.78 is 6.01. The fourth-order valence-electron chi connectivity index (χ4n) is 4.10. The number of rotatable bonds is 2. The molecule has 2 aromatic carbocycles. The highest BCUT2D eigenvalue weighted by Crippen LogP contribution is 2.34. The van der Waals surface area contributed by atoms with Crippen LogP contribution in [-0.2, 0) is 13.0 Å². The van der Waals surface area contributed by atoms with Crippen LogP contribution < -0.4 is 9.64 Å². The van der Waals surface area contributed by atoms with Gasteiger partial charge < -0.3 is 9.64 Å². The van der Waals surface area contributed by atoms with Gasteiger partial charge in [0.1, 0.15) is 24.5 Å². The number of hydrogen-bond donors (Lipinski definition) is 0. The molecule has 2 aliphatic rings. The van der Waals surface area contributed by atoms with Crippen LogP contribution in [0.3, 0.4) is 0 Å². The molecule has 0 spiro atoms. The van der Waals surface area contributed by atoms with Crippen LogP contribution in [-0.4, -0.2) is 28.8 Å². The zero-order chi connectivity index (χ0) is 19.6. The van der Waals surface area contributed by atoms with Crippen LogP contribution in [0.5, 0.6) is 5.75 Å². The van der Waals surface area contributed by atoms with Crippen LogP contribution in [0.2, 0.25) is 0 Å². The lowest BCUT2D eigenvalue weighted by atomic mass is 9.98. The Balaban J connectivity index is 1.49. The normalized spacial score (nSPS) is 16.0. The molecule has 5 heteroatoms. The van der Waals surface area contributed by atoms with E-state index in [1.54, 1.807) is 12.5 Å². The molecule has 0 unspecified atom stereocenters. The number of anilines is 1. The van der Waals surface area contributed by atoms with Gasteiger partial charge in [0.15, 0.2) is 0 Å².